The highest BCUT2D eigenvalue weighted by Crippen LogP contribution is 2.36. The summed E-state index contributed by atoms with van der Waals surface area (Å²) in [5.41, 5.74) is 2.36. The third-order valence-corrected chi connectivity index (χ3v) is 3.41. The Kier molecular flexibility index (Phi) is 3.92. The van der Waals surface area contributed by atoms with Crippen LogP contribution in [0, 0.1) is 0 Å². The molecule has 2 atom stereocenters. The van der Waals surface area contributed by atoms with Crippen LogP contribution in [0.3, 0.4) is 0 Å². The van der Waals surface area contributed by atoms with E-state index >= 15 is 0 Å². The van der Waals surface area contributed by atoms with E-state index in [1.807, 2.05) is 36.4 Å². The molecule has 0 bridgehead atoms. The Morgan fingerprint density at radius 3 is 1.47 bits per heavy atom. The van der Waals surface area contributed by atoms with Gasteiger partial charge in [0, 0.05) is 13.2 Å². The van der Waals surface area contributed by atoms with E-state index in [1.54, 1.807) is 0 Å². The van der Waals surface area contributed by atoms with E-state index in [4.69, 9.17) is 9.47 Å². The van der Waals surface area contributed by atoms with E-state index in [1.165, 1.54) is 11.1 Å². The van der Waals surface area contributed by atoms with Gasteiger partial charge in [0.25, 0.3) is 0 Å². The standard InChI is InChI=1S/C17H18O2/c1-3-8-14(9-4-1)16-17(19-13-7-12-18-16)15-10-5-2-6-11-15/h1-6,8-11,16-17H,7,12-13H2. The fourth-order valence-corrected chi connectivity index (χ4v) is 2.48. The molecule has 98 valence electrons. The maximum absolute atomic E-state index is 6.03. The molecule has 0 saturated carbocycles. The van der Waals surface area contributed by atoms with Crippen molar-refractivity contribution in [2.24, 2.45) is 0 Å². The first kappa shape index (κ1) is 12.4. The molecule has 2 aromatic carbocycles. The lowest BCUT2D eigenvalue weighted by atomic mass is 9.98. The third-order valence-electron chi connectivity index (χ3n) is 3.41. The SMILES string of the molecule is c1ccc(C2OCCCOC2c2ccccc2)cc1. The van der Waals surface area contributed by atoms with E-state index in [9.17, 15) is 0 Å². The molecule has 1 heterocycles. The van der Waals surface area contributed by atoms with Gasteiger partial charge in [0.1, 0.15) is 12.2 Å². The summed E-state index contributed by atoms with van der Waals surface area (Å²) < 4.78 is 12.1. The van der Waals surface area contributed by atoms with Gasteiger partial charge in [-0.2, -0.15) is 0 Å². The van der Waals surface area contributed by atoms with Crippen LogP contribution in [0.5, 0.6) is 0 Å². The van der Waals surface area contributed by atoms with Crippen LogP contribution in [0.15, 0.2) is 60.7 Å². The van der Waals surface area contributed by atoms with Crippen molar-refractivity contribution >= 4 is 0 Å². The molecule has 0 amide bonds. The Morgan fingerprint density at radius 1 is 0.632 bits per heavy atom. The minimum atomic E-state index is -0.0221. The molecule has 2 unspecified atom stereocenters. The highest BCUT2D eigenvalue weighted by molar-refractivity contribution is 5.25. The summed E-state index contributed by atoms with van der Waals surface area (Å²) in [4.78, 5) is 0. The van der Waals surface area contributed by atoms with Crippen LogP contribution in [0.1, 0.15) is 29.8 Å². The number of hydrogen-bond donors (Lipinski definition) is 0. The van der Waals surface area contributed by atoms with Gasteiger partial charge in [0.2, 0.25) is 0 Å². The zero-order valence-corrected chi connectivity index (χ0v) is 10.9. The quantitative estimate of drug-likeness (QED) is 0.809. The first-order chi connectivity index (χ1) is 9.45. The van der Waals surface area contributed by atoms with E-state index in [0.717, 1.165) is 19.6 Å². The predicted octanol–water partition coefficient (Wildman–Crippen LogP) is 3.91. The molecule has 1 fully saturated rings. The molecule has 1 saturated heterocycles. The van der Waals surface area contributed by atoms with Crippen LogP contribution < -0.4 is 0 Å². The van der Waals surface area contributed by atoms with Gasteiger partial charge < -0.3 is 9.47 Å². The van der Waals surface area contributed by atoms with Crippen molar-refractivity contribution in [2.45, 2.75) is 18.6 Å². The van der Waals surface area contributed by atoms with Crippen molar-refractivity contribution < 1.29 is 9.47 Å². The van der Waals surface area contributed by atoms with Gasteiger partial charge in [-0.25, -0.2) is 0 Å². The molecule has 2 heteroatoms. The number of hydrogen-bond acceptors (Lipinski definition) is 2. The van der Waals surface area contributed by atoms with Crippen LogP contribution in [0.25, 0.3) is 0 Å². The number of ether oxygens (including phenoxy) is 2. The lowest BCUT2D eigenvalue weighted by Gasteiger charge is -2.25. The van der Waals surface area contributed by atoms with Crippen molar-refractivity contribution in [1.82, 2.24) is 0 Å². The second-order valence-corrected chi connectivity index (χ2v) is 4.76. The summed E-state index contributed by atoms with van der Waals surface area (Å²) in [6, 6.07) is 20.7. The van der Waals surface area contributed by atoms with Crippen molar-refractivity contribution in [3.05, 3.63) is 71.8 Å². The second kappa shape index (κ2) is 6.00. The number of benzene rings is 2. The summed E-state index contributed by atoms with van der Waals surface area (Å²) in [5.74, 6) is 0. The van der Waals surface area contributed by atoms with Crippen LogP contribution in [-0.2, 0) is 9.47 Å². The fraction of sp³-hybridized carbons (Fsp3) is 0.294. The molecule has 1 aliphatic rings. The maximum atomic E-state index is 6.03. The minimum Gasteiger partial charge on any atom is -0.370 e. The Morgan fingerprint density at radius 2 is 1.05 bits per heavy atom. The van der Waals surface area contributed by atoms with Crippen LogP contribution in [-0.4, -0.2) is 13.2 Å². The van der Waals surface area contributed by atoms with Crippen molar-refractivity contribution in [1.29, 1.82) is 0 Å². The molecule has 0 aliphatic carbocycles. The molecular weight excluding hydrogens is 236 g/mol. The predicted molar refractivity (Wildman–Crippen MR) is 74.9 cm³/mol. The molecule has 0 aromatic heterocycles. The average Bonchev–Trinajstić information content (AvgIpc) is 2.75. The van der Waals surface area contributed by atoms with Gasteiger partial charge in [-0.3, -0.25) is 0 Å². The van der Waals surface area contributed by atoms with Crippen molar-refractivity contribution in [2.75, 3.05) is 13.2 Å². The molecule has 0 spiro atoms. The monoisotopic (exact) mass is 254 g/mol. The highest BCUT2D eigenvalue weighted by Gasteiger charge is 2.28. The molecule has 1 aliphatic heterocycles. The van der Waals surface area contributed by atoms with E-state index in [-0.39, 0.29) is 12.2 Å². The smallest absolute Gasteiger partial charge is 0.113 e. The molecule has 0 N–H and O–H groups in total. The molecule has 0 radical (unpaired) electrons. The Hall–Kier alpha value is -1.64. The van der Waals surface area contributed by atoms with E-state index in [0.29, 0.717) is 0 Å². The third kappa shape index (κ3) is 2.86. The van der Waals surface area contributed by atoms with Gasteiger partial charge in [0.05, 0.1) is 0 Å². The number of rotatable bonds is 2. The Labute approximate surface area is 114 Å². The summed E-state index contributed by atoms with van der Waals surface area (Å²) in [5, 5.41) is 0. The normalized spacial score (nSPS) is 23.8. The zero-order chi connectivity index (χ0) is 12.9. The van der Waals surface area contributed by atoms with Crippen LogP contribution >= 0.6 is 0 Å². The molecule has 2 nitrogen and oxygen atoms in total. The topological polar surface area (TPSA) is 18.5 Å². The average molecular weight is 254 g/mol. The summed E-state index contributed by atoms with van der Waals surface area (Å²) in [7, 11) is 0. The van der Waals surface area contributed by atoms with Gasteiger partial charge in [-0.15, -0.1) is 0 Å². The van der Waals surface area contributed by atoms with Gasteiger partial charge in [-0.05, 0) is 17.5 Å². The van der Waals surface area contributed by atoms with Crippen LogP contribution in [0.2, 0.25) is 0 Å². The van der Waals surface area contributed by atoms with Gasteiger partial charge >= 0.3 is 0 Å². The summed E-state index contributed by atoms with van der Waals surface area (Å²) in [6.07, 6.45) is 0.907. The van der Waals surface area contributed by atoms with Gasteiger partial charge in [-0.1, -0.05) is 60.7 Å². The van der Waals surface area contributed by atoms with E-state index < -0.39 is 0 Å². The lowest BCUT2D eigenvalue weighted by Crippen LogP contribution is -2.15. The molecular formula is C17H18O2. The van der Waals surface area contributed by atoms with E-state index in [2.05, 4.69) is 24.3 Å². The largest absolute Gasteiger partial charge is 0.370 e. The molecule has 3 rings (SSSR count). The second-order valence-electron chi connectivity index (χ2n) is 4.76. The van der Waals surface area contributed by atoms with Crippen molar-refractivity contribution in [3.8, 4) is 0 Å². The highest BCUT2D eigenvalue weighted by atomic mass is 16.5. The van der Waals surface area contributed by atoms with Gasteiger partial charge in [0.15, 0.2) is 0 Å². The summed E-state index contributed by atoms with van der Waals surface area (Å²) >= 11 is 0. The Bertz CT molecular complexity index is 448. The minimum absolute atomic E-state index is 0.0221. The van der Waals surface area contributed by atoms with Crippen molar-refractivity contribution in [3.63, 3.8) is 0 Å². The first-order valence-electron chi connectivity index (χ1n) is 6.78. The fourth-order valence-electron chi connectivity index (χ4n) is 2.48. The Balaban J connectivity index is 1.94. The zero-order valence-electron chi connectivity index (χ0n) is 10.9. The molecule has 2 aromatic rings. The lowest BCUT2D eigenvalue weighted by molar-refractivity contribution is -0.0397. The van der Waals surface area contributed by atoms with Crippen LogP contribution in [0.4, 0.5) is 0 Å². The summed E-state index contributed by atoms with van der Waals surface area (Å²) in [6.45, 7) is 1.51. The maximum Gasteiger partial charge on any atom is 0.113 e. The first-order valence-corrected chi connectivity index (χ1v) is 6.78. The molecule has 19 heavy (non-hydrogen) atoms.